The minimum Gasteiger partial charge on any atom is -0.371 e. The minimum absolute atomic E-state index is 0.0173. The minimum atomic E-state index is 0.0173. The van der Waals surface area contributed by atoms with Crippen LogP contribution in [0.3, 0.4) is 0 Å². The normalized spacial score (nSPS) is 20.8. The maximum absolute atomic E-state index is 5.97. The summed E-state index contributed by atoms with van der Waals surface area (Å²) in [5, 5.41) is 3.20. The molecule has 0 saturated heterocycles. The van der Waals surface area contributed by atoms with E-state index in [9.17, 15) is 0 Å². The molecule has 2 atom stereocenters. The Balaban J connectivity index is 2.11. The first kappa shape index (κ1) is 14.0. The number of thiazole rings is 1. The third-order valence-electron chi connectivity index (χ3n) is 3.67. The first-order valence-electron chi connectivity index (χ1n) is 7.05. The summed E-state index contributed by atoms with van der Waals surface area (Å²) in [6.07, 6.45) is 6.78. The van der Waals surface area contributed by atoms with Crippen LogP contribution in [0.2, 0.25) is 0 Å². The second kappa shape index (κ2) is 6.64. The largest absolute Gasteiger partial charge is 0.371 e. The van der Waals surface area contributed by atoms with E-state index in [1.165, 1.54) is 32.1 Å². The van der Waals surface area contributed by atoms with Crippen LogP contribution in [0, 0.1) is 5.92 Å². The Kier molecular flexibility index (Phi) is 5.15. The number of nitrogens with zero attached hydrogens (tertiary/aromatic N) is 1. The van der Waals surface area contributed by atoms with Crippen LogP contribution >= 0.6 is 11.3 Å². The molecule has 102 valence electrons. The first-order valence-corrected chi connectivity index (χ1v) is 7.92. The smallest absolute Gasteiger partial charge is 0.122 e. The summed E-state index contributed by atoms with van der Waals surface area (Å²) >= 11 is 1.70. The van der Waals surface area contributed by atoms with E-state index < -0.39 is 0 Å². The van der Waals surface area contributed by atoms with Gasteiger partial charge >= 0.3 is 0 Å². The summed E-state index contributed by atoms with van der Waals surface area (Å²) in [6, 6.07) is 0.0173. The fourth-order valence-corrected chi connectivity index (χ4v) is 3.73. The van der Waals surface area contributed by atoms with Gasteiger partial charge in [0.15, 0.2) is 0 Å². The molecule has 1 fully saturated rings. The monoisotopic (exact) mass is 268 g/mol. The fraction of sp³-hybridized carbons (Fsp3) is 0.786. The van der Waals surface area contributed by atoms with E-state index in [-0.39, 0.29) is 12.1 Å². The van der Waals surface area contributed by atoms with Crippen molar-refractivity contribution in [3.05, 3.63) is 16.1 Å². The highest BCUT2D eigenvalue weighted by Gasteiger charge is 2.28. The lowest BCUT2D eigenvalue weighted by molar-refractivity contribution is 0.00541. The van der Waals surface area contributed by atoms with Gasteiger partial charge in [-0.25, -0.2) is 4.98 Å². The van der Waals surface area contributed by atoms with E-state index in [0.717, 1.165) is 17.3 Å². The molecule has 0 spiro atoms. The van der Waals surface area contributed by atoms with Gasteiger partial charge in [0.1, 0.15) is 11.1 Å². The van der Waals surface area contributed by atoms with Crippen molar-refractivity contribution in [3.63, 3.8) is 0 Å². The molecular weight excluding hydrogens is 244 g/mol. The Morgan fingerprint density at radius 3 is 2.72 bits per heavy atom. The molecule has 1 aromatic rings. The molecule has 3 nitrogen and oxygen atoms in total. The Bertz CT molecular complexity index is 358. The average molecular weight is 268 g/mol. The summed E-state index contributed by atoms with van der Waals surface area (Å²) in [5.74, 6) is 0.644. The second-order valence-electron chi connectivity index (χ2n) is 5.17. The zero-order valence-electron chi connectivity index (χ0n) is 11.4. The van der Waals surface area contributed by atoms with Crippen molar-refractivity contribution >= 4 is 11.3 Å². The highest BCUT2D eigenvalue weighted by molar-refractivity contribution is 7.09. The zero-order chi connectivity index (χ0) is 13.0. The lowest BCUT2D eigenvalue weighted by Crippen LogP contribution is -2.19. The third kappa shape index (κ3) is 3.31. The summed E-state index contributed by atoms with van der Waals surface area (Å²) in [7, 11) is 0. The molecule has 0 amide bonds. The molecule has 1 aromatic heterocycles. The van der Waals surface area contributed by atoms with Crippen molar-refractivity contribution in [1.29, 1.82) is 0 Å². The first-order chi connectivity index (χ1) is 8.72. The standard InChI is InChI=1S/C14H24N2OS/c1-3-17-13(11-7-5-4-6-8-11)14-16-12(9-18-14)10(2)15/h9-11,13H,3-8,15H2,1-2H3. The molecule has 1 aliphatic carbocycles. The van der Waals surface area contributed by atoms with Gasteiger partial charge in [-0.1, -0.05) is 19.3 Å². The van der Waals surface area contributed by atoms with Gasteiger partial charge in [-0.3, -0.25) is 0 Å². The summed E-state index contributed by atoms with van der Waals surface area (Å²) < 4.78 is 5.97. The highest BCUT2D eigenvalue weighted by atomic mass is 32.1. The van der Waals surface area contributed by atoms with E-state index in [1.54, 1.807) is 11.3 Å². The molecule has 1 saturated carbocycles. The SMILES string of the molecule is CCOC(c1nc(C(C)N)cs1)C1CCCCC1. The van der Waals surface area contributed by atoms with Gasteiger partial charge in [0.2, 0.25) is 0 Å². The summed E-state index contributed by atoms with van der Waals surface area (Å²) in [6.45, 7) is 4.80. The molecule has 2 unspecified atom stereocenters. The summed E-state index contributed by atoms with van der Waals surface area (Å²) in [5.41, 5.74) is 6.88. The second-order valence-corrected chi connectivity index (χ2v) is 6.06. The molecule has 1 aliphatic rings. The van der Waals surface area contributed by atoms with Crippen LogP contribution in [-0.4, -0.2) is 11.6 Å². The summed E-state index contributed by atoms with van der Waals surface area (Å²) in [4.78, 5) is 4.67. The zero-order valence-corrected chi connectivity index (χ0v) is 12.2. The van der Waals surface area contributed by atoms with Gasteiger partial charge in [-0.2, -0.15) is 0 Å². The molecule has 0 radical (unpaired) electrons. The van der Waals surface area contributed by atoms with Crippen molar-refractivity contribution in [2.75, 3.05) is 6.61 Å². The van der Waals surface area contributed by atoms with Crippen LogP contribution in [0.4, 0.5) is 0 Å². The Morgan fingerprint density at radius 2 is 2.17 bits per heavy atom. The van der Waals surface area contributed by atoms with Gasteiger partial charge in [-0.05, 0) is 32.6 Å². The van der Waals surface area contributed by atoms with E-state index in [0.29, 0.717) is 5.92 Å². The number of hydrogen-bond donors (Lipinski definition) is 1. The Morgan fingerprint density at radius 1 is 1.44 bits per heavy atom. The number of aromatic nitrogens is 1. The van der Waals surface area contributed by atoms with E-state index in [1.807, 2.05) is 6.92 Å². The number of ether oxygens (including phenoxy) is 1. The lowest BCUT2D eigenvalue weighted by Gasteiger charge is -2.28. The molecule has 0 bridgehead atoms. The number of nitrogens with two attached hydrogens (primary N) is 1. The molecule has 0 aromatic carbocycles. The van der Waals surface area contributed by atoms with Crippen LogP contribution in [-0.2, 0) is 4.74 Å². The Labute approximate surface area is 114 Å². The van der Waals surface area contributed by atoms with Crippen LogP contribution in [0.15, 0.2) is 5.38 Å². The predicted octanol–water partition coefficient (Wildman–Crippen LogP) is 3.82. The van der Waals surface area contributed by atoms with Crippen LogP contribution in [0.1, 0.15) is 68.8 Å². The van der Waals surface area contributed by atoms with Crippen molar-refractivity contribution in [2.24, 2.45) is 11.7 Å². The van der Waals surface area contributed by atoms with Gasteiger partial charge in [0.25, 0.3) is 0 Å². The number of hydrogen-bond acceptors (Lipinski definition) is 4. The van der Waals surface area contributed by atoms with E-state index in [2.05, 4.69) is 17.3 Å². The van der Waals surface area contributed by atoms with Crippen LogP contribution in [0.5, 0.6) is 0 Å². The maximum Gasteiger partial charge on any atom is 0.122 e. The average Bonchev–Trinajstić information content (AvgIpc) is 2.86. The molecule has 0 aliphatic heterocycles. The van der Waals surface area contributed by atoms with Crippen molar-refractivity contribution in [2.45, 2.75) is 58.1 Å². The quantitative estimate of drug-likeness (QED) is 0.883. The lowest BCUT2D eigenvalue weighted by atomic mass is 9.85. The fourth-order valence-electron chi connectivity index (χ4n) is 2.67. The molecule has 2 rings (SSSR count). The maximum atomic E-state index is 5.97. The molecule has 2 N–H and O–H groups in total. The van der Waals surface area contributed by atoms with E-state index >= 15 is 0 Å². The van der Waals surface area contributed by atoms with Gasteiger partial charge in [0.05, 0.1) is 5.69 Å². The molecular formula is C14H24N2OS. The molecule has 4 heteroatoms. The Hall–Kier alpha value is -0.450. The van der Waals surface area contributed by atoms with E-state index in [4.69, 9.17) is 10.5 Å². The van der Waals surface area contributed by atoms with Gasteiger partial charge in [0, 0.05) is 18.0 Å². The van der Waals surface area contributed by atoms with Crippen LogP contribution < -0.4 is 5.73 Å². The predicted molar refractivity (Wildman–Crippen MR) is 75.7 cm³/mol. The van der Waals surface area contributed by atoms with Crippen LogP contribution in [0.25, 0.3) is 0 Å². The van der Waals surface area contributed by atoms with Crippen molar-refractivity contribution < 1.29 is 4.74 Å². The molecule has 18 heavy (non-hydrogen) atoms. The topological polar surface area (TPSA) is 48.1 Å². The highest BCUT2D eigenvalue weighted by Crippen LogP contribution is 2.38. The van der Waals surface area contributed by atoms with Crippen molar-refractivity contribution in [3.8, 4) is 0 Å². The third-order valence-corrected chi connectivity index (χ3v) is 4.60. The van der Waals surface area contributed by atoms with Gasteiger partial charge in [-0.15, -0.1) is 11.3 Å². The van der Waals surface area contributed by atoms with Gasteiger partial charge < -0.3 is 10.5 Å². The van der Waals surface area contributed by atoms with Crippen molar-refractivity contribution in [1.82, 2.24) is 4.98 Å². The number of rotatable bonds is 5. The molecule has 1 heterocycles.